The van der Waals surface area contributed by atoms with E-state index in [9.17, 15) is 14.4 Å². The third kappa shape index (κ3) is 2.94. The zero-order chi connectivity index (χ0) is 17.4. The first-order valence-corrected chi connectivity index (χ1v) is 8.75. The van der Waals surface area contributed by atoms with Crippen molar-refractivity contribution in [2.24, 2.45) is 11.8 Å². The second-order valence-electron chi connectivity index (χ2n) is 6.88. The van der Waals surface area contributed by atoms with E-state index in [0.29, 0.717) is 23.1 Å². The van der Waals surface area contributed by atoms with E-state index < -0.39 is 0 Å². The van der Waals surface area contributed by atoms with Crippen molar-refractivity contribution in [1.82, 2.24) is 15.8 Å². The Labute approximate surface area is 145 Å². The zero-order valence-corrected chi connectivity index (χ0v) is 13.9. The Bertz CT molecular complexity index is 685. The first-order valence-electron chi connectivity index (χ1n) is 8.75. The summed E-state index contributed by atoms with van der Waals surface area (Å²) < 4.78 is 5.35. The molecule has 2 N–H and O–H groups in total. The molecule has 2 aliphatic heterocycles. The Hall–Kier alpha value is -2.25. The van der Waals surface area contributed by atoms with Crippen LogP contribution in [-0.4, -0.2) is 48.4 Å². The van der Waals surface area contributed by atoms with Gasteiger partial charge in [-0.15, -0.1) is 0 Å². The summed E-state index contributed by atoms with van der Waals surface area (Å²) >= 11 is 0. The predicted octanol–water partition coefficient (Wildman–Crippen LogP) is 0.719. The van der Waals surface area contributed by atoms with E-state index in [-0.39, 0.29) is 36.9 Å². The van der Waals surface area contributed by atoms with Crippen molar-refractivity contribution >= 4 is 17.8 Å². The van der Waals surface area contributed by atoms with Crippen molar-refractivity contribution < 1.29 is 19.1 Å². The SMILES string of the molecule is O=C(OCCN1C(=O)c2ccccc2C1=O)C1CCC2CNNC2C1. The zero-order valence-electron chi connectivity index (χ0n) is 13.9. The molecule has 7 nitrogen and oxygen atoms in total. The number of hydrogen-bond donors (Lipinski definition) is 2. The van der Waals surface area contributed by atoms with Gasteiger partial charge in [0.15, 0.2) is 0 Å². The average Bonchev–Trinajstić information content (AvgIpc) is 3.20. The largest absolute Gasteiger partial charge is 0.464 e. The molecule has 7 heteroatoms. The highest BCUT2D eigenvalue weighted by Crippen LogP contribution is 2.31. The minimum absolute atomic E-state index is 0.0422. The van der Waals surface area contributed by atoms with Crippen molar-refractivity contribution in [2.45, 2.75) is 25.3 Å². The number of hydrogen-bond acceptors (Lipinski definition) is 6. The summed E-state index contributed by atoms with van der Waals surface area (Å²) in [7, 11) is 0. The minimum atomic E-state index is -0.321. The van der Waals surface area contributed by atoms with Gasteiger partial charge >= 0.3 is 5.97 Å². The molecule has 4 rings (SSSR count). The summed E-state index contributed by atoms with van der Waals surface area (Å²) in [6, 6.07) is 7.07. The second-order valence-corrected chi connectivity index (χ2v) is 6.88. The molecule has 3 unspecified atom stereocenters. The molecule has 0 spiro atoms. The van der Waals surface area contributed by atoms with Crippen molar-refractivity contribution in [3.05, 3.63) is 35.4 Å². The van der Waals surface area contributed by atoms with Crippen LogP contribution >= 0.6 is 0 Å². The van der Waals surface area contributed by atoms with E-state index in [4.69, 9.17) is 4.74 Å². The Morgan fingerprint density at radius 1 is 1.16 bits per heavy atom. The summed E-state index contributed by atoms with van der Waals surface area (Å²) in [5.41, 5.74) is 7.18. The molecule has 0 bridgehead atoms. The van der Waals surface area contributed by atoms with Crippen molar-refractivity contribution in [2.75, 3.05) is 19.7 Å². The van der Waals surface area contributed by atoms with Gasteiger partial charge in [0.1, 0.15) is 6.61 Å². The predicted molar refractivity (Wildman–Crippen MR) is 88.5 cm³/mol. The Balaban J connectivity index is 1.29. The maximum atomic E-state index is 12.3. The van der Waals surface area contributed by atoms with Crippen LogP contribution in [0.1, 0.15) is 40.0 Å². The van der Waals surface area contributed by atoms with Gasteiger partial charge in [0, 0.05) is 12.6 Å². The van der Waals surface area contributed by atoms with Gasteiger partial charge in [-0.25, -0.2) is 0 Å². The molecular formula is C18H21N3O4. The Morgan fingerprint density at radius 2 is 1.88 bits per heavy atom. The number of amides is 2. The molecule has 0 aromatic heterocycles. The fraction of sp³-hybridized carbons (Fsp3) is 0.500. The molecule has 3 aliphatic rings. The number of benzene rings is 1. The van der Waals surface area contributed by atoms with Crippen molar-refractivity contribution in [3.63, 3.8) is 0 Å². The number of nitrogens with one attached hydrogen (secondary N) is 2. The lowest BCUT2D eigenvalue weighted by atomic mass is 9.79. The summed E-state index contributed by atoms with van der Waals surface area (Å²) in [4.78, 5) is 38.0. The van der Waals surface area contributed by atoms with Gasteiger partial charge in [-0.2, -0.15) is 0 Å². The van der Waals surface area contributed by atoms with Crippen molar-refractivity contribution in [1.29, 1.82) is 0 Å². The molecule has 0 radical (unpaired) electrons. The van der Waals surface area contributed by atoms with E-state index in [1.165, 1.54) is 0 Å². The van der Waals surface area contributed by atoms with Crippen LogP contribution in [0.3, 0.4) is 0 Å². The summed E-state index contributed by atoms with van der Waals surface area (Å²) in [5.74, 6) is -0.404. The third-order valence-electron chi connectivity index (χ3n) is 5.42. The van der Waals surface area contributed by atoms with Gasteiger partial charge in [0.05, 0.1) is 23.6 Å². The molecule has 25 heavy (non-hydrogen) atoms. The normalized spacial score (nSPS) is 28.0. The minimum Gasteiger partial charge on any atom is -0.464 e. The molecule has 2 amide bonds. The van der Waals surface area contributed by atoms with Crippen LogP contribution in [0.25, 0.3) is 0 Å². The van der Waals surface area contributed by atoms with E-state index in [2.05, 4.69) is 10.9 Å². The number of nitrogens with zero attached hydrogens (tertiary/aromatic N) is 1. The third-order valence-corrected chi connectivity index (χ3v) is 5.42. The molecular weight excluding hydrogens is 322 g/mol. The number of ether oxygens (including phenoxy) is 1. The fourth-order valence-corrected chi connectivity index (χ4v) is 3.99. The molecule has 1 aromatic rings. The smallest absolute Gasteiger partial charge is 0.309 e. The van der Waals surface area contributed by atoms with Gasteiger partial charge < -0.3 is 4.74 Å². The van der Waals surface area contributed by atoms with E-state index in [0.717, 1.165) is 30.7 Å². The van der Waals surface area contributed by atoms with Crippen LogP contribution in [0.4, 0.5) is 0 Å². The standard InChI is InChI=1S/C18H21N3O4/c22-16-13-3-1-2-4-14(13)17(23)21(16)7-8-25-18(24)11-5-6-12-10-19-20-15(12)9-11/h1-4,11-12,15,19-20H,5-10H2. The van der Waals surface area contributed by atoms with E-state index in [1.54, 1.807) is 24.3 Å². The lowest BCUT2D eigenvalue weighted by molar-refractivity contribution is -0.150. The van der Waals surface area contributed by atoms with Gasteiger partial charge in [-0.05, 0) is 37.3 Å². The molecule has 1 saturated carbocycles. The molecule has 1 aromatic carbocycles. The summed E-state index contributed by atoms with van der Waals surface area (Å²) in [6.45, 7) is 1.09. The molecule has 1 aliphatic carbocycles. The van der Waals surface area contributed by atoms with Gasteiger partial charge in [0.2, 0.25) is 0 Å². The van der Waals surface area contributed by atoms with E-state index in [1.807, 2.05) is 0 Å². The van der Waals surface area contributed by atoms with Crippen LogP contribution in [-0.2, 0) is 9.53 Å². The molecule has 132 valence electrons. The number of hydrazine groups is 1. The second kappa shape index (κ2) is 6.57. The average molecular weight is 343 g/mol. The molecule has 2 fully saturated rings. The highest BCUT2D eigenvalue weighted by Gasteiger charge is 2.38. The number of carbonyl (C=O) groups is 3. The lowest BCUT2D eigenvalue weighted by Gasteiger charge is -2.29. The first-order chi connectivity index (χ1) is 12.1. The highest BCUT2D eigenvalue weighted by atomic mass is 16.5. The monoisotopic (exact) mass is 343 g/mol. The lowest BCUT2D eigenvalue weighted by Crippen LogP contribution is -2.39. The number of carbonyl (C=O) groups excluding carboxylic acids is 3. The van der Waals surface area contributed by atoms with Gasteiger partial charge in [-0.3, -0.25) is 30.1 Å². The van der Waals surface area contributed by atoms with Crippen LogP contribution in [0.5, 0.6) is 0 Å². The van der Waals surface area contributed by atoms with Gasteiger partial charge in [0.25, 0.3) is 11.8 Å². The van der Waals surface area contributed by atoms with Crippen LogP contribution in [0, 0.1) is 11.8 Å². The van der Waals surface area contributed by atoms with Crippen LogP contribution in [0.2, 0.25) is 0 Å². The first kappa shape index (κ1) is 16.2. The number of imide groups is 1. The molecule has 2 heterocycles. The maximum absolute atomic E-state index is 12.3. The van der Waals surface area contributed by atoms with Crippen molar-refractivity contribution in [3.8, 4) is 0 Å². The summed E-state index contributed by atoms with van der Waals surface area (Å²) in [5, 5.41) is 0. The van der Waals surface area contributed by atoms with E-state index >= 15 is 0 Å². The Morgan fingerprint density at radius 3 is 2.60 bits per heavy atom. The fourth-order valence-electron chi connectivity index (χ4n) is 3.99. The van der Waals surface area contributed by atoms with Crippen LogP contribution in [0.15, 0.2) is 24.3 Å². The maximum Gasteiger partial charge on any atom is 0.309 e. The quantitative estimate of drug-likeness (QED) is 0.619. The number of rotatable bonds is 4. The number of esters is 1. The molecule has 3 atom stereocenters. The Kier molecular flexibility index (Phi) is 4.27. The highest BCUT2D eigenvalue weighted by molar-refractivity contribution is 6.21. The summed E-state index contributed by atoms with van der Waals surface area (Å²) in [6.07, 6.45) is 2.60. The molecule has 1 saturated heterocycles. The topological polar surface area (TPSA) is 87.7 Å². The number of fused-ring (bicyclic) bond motifs is 2. The van der Waals surface area contributed by atoms with Crippen LogP contribution < -0.4 is 10.9 Å². The van der Waals surface area contributed by atoms with Gasteiger partial charge in [-0.1, -0.05) is 12.1 Å².